The van der Waals surface area contributed by atoms with Gasteiger partial charge in [0.1, 0.15) is 5.82 Å². The fourth-order valence-corrected chi connectivity index (χ4v) is 1.48. The molecule has 17 heavy (non-hydrogen) atoms. The van der Waals surface area contributed by atoms with Gasteiger partial charge >= 0.3 is 6.18 Å². The van der Waals surface area contributed by atoms with E-state index >= 15 is 0 Å². The molecule has 1 aromatic carbocycles. The van der Waals surface area contributed by atoms with Crippen LogP contribution >= 0.6 is 0 Å². The van der Waals surface area contributed by atoms with Gasteiger partial charge in [-0.25, -0.2) is 4.39 Å². The van der Waals surface area contributed by atoms with Crippen LogP contribution in [0.15, 0.2) is 24.3 Å². The fourth-order valence-electron chi connectivity index (χ4n) is 1.48. The minimum absolute atomic E-state index is 0.0506. The van der Waals surface area contributed by atoms with Crippen LogP contribution in [0, 0.1) is 5.82 Å². The molecule has 1 aromatic rings. The fraction of sp³-hybridized carbons (Fsp3) is 0.500. The summed E-state index contributed by atoms with van der Waals surface area (Å²) in [5.74, 6) is -0.321. The van der Waals surface area contributed by atoms with Crippen molar-refractivity contribution in [2.45, 2.75) is 32.0 Å². The number of nitrogens with one attached hydrogen (secondary N) is 1. The van der Waals surface area contributed by atoms with Crippen LogP contribution in [0.4, 0.5) is 17.6 Å². The minimum Gasteiger partial charge on any atom is -0.310 e. The Bertz CT molecular complexity index is 331. The Morgan fingerprint density at radius 2 is 1.76 bits per heavy atom. The van der Waals surface area contributed by atoms with Crippen LogP contribution in [0.3, 0.4) is 0 Å². The highest BCUT2D eigenvalue weighted by Gasteiger charge is 2.25. The average molecular weight is 249 g/mol. The van der Waals surface area contributed by atoms with E-state index in [0.29, 0.717) is 0 Å². The number of halogens is 4. The zero-order valence-corrected chi connectivity index (χ0v) is 9.52. The van der Waals surface area contributed by atoms with Gasteiger partial charge in [-0.05, 0) is 37.6 Å². The number of rotatable bonds is 5. The molecular weight excluding hydrogens is 234 g/mol. The predicted molar refractivity (Wildman–Crippen MR) is 58.1 cm³/mol. The number of benzene rings is 1. The van der Waals surface area contributed by atoms with Crippen molar-refractivity contribution >= 4 is 0 Å². The van der Waals surface area contributed by atoms with Gasteiger partial charge in [-0.15, -0.1) is 0 Å². The molecule has 0 saturated heterocycles. The smallest absolute Gasteiger partial charge is 0.310 e. The van der Waals surface area contributed by atoms with Crippen molar-refractivity contribution in [3.8, 4) is 0 Å². The normalized spacial score (nSPS) is 13.7. The van der Waals surface area contributed by atoms with E-state index in [1.165, 1.54) is 12.1 Å². The SMILES string of the molecule is C[C@@H](NCCCC(F)(F)F)c1ccc(F)cc1. The van der Waals surface area contributed by atoms with Gasteiger partial charge in [-0.1, -0.05) is 12.1 Å². The Kier molecular flexibility index (Phi) is 4.93. The molecule has 1 N–H and O–H groups in total. The van der Waals surface area contributed by atoms with Crippen LogP contribution in [0.25, 0.3) is 0 Å². The Morgan fingerprint density at radius 1 is 1.18 bits per heavy atom. The lowest BCUT2D eigenvalue weighted by molar-refractivity contribution is -0.135. The molecule has 0 bridgehead atoms. The van der Waals surface area contributed by atoms with E-state index in [0.717, 1.165) is 5.56 Å². The molecular formula is C12H15F4N. The standard InChI is InChI=1S/C12H15F4N/c1-9(10-3-5-11(13)6-4-10)17-8-2-7-12(14,15)16/h3-6,9,17H,2,7-8H2,1H3/t9-/m1/s1. The lowest BCUT2D eigenvalue weighted by Crippen LogP contribution is -2.21. The van der Waals surface area contributed by atoms with Crippen molar-refractivity contribution in [3.05, 3.63) is 35.6 Å². The van der Waals surface area contributed by atoms with E-state index in [9.17, 15) is 17.6 Å². The maximum atomic E-state index is 12.6. The highest BCUT2D eigenvalue weighted by molar-refractivity contribution is 5.19. The lowest BCUT2D eigenvalue weighted by atomic mass is 10.1. The van der Waals surface area contributed by atoms with Gasteiger partial charge in [0.2, 0.25) is 0 Å². The third-order valence-corrected chi connectivity index (χ3v) is 2.46. The summed E-state index contributed by atoms with van der Waals surface area (Å²) >= 11 is 0. The zero-order chi connectivity index (χ0) is 12.9. The molecule has 0 amide bonds. The van der Waals surface area contributed by atoms with Crippen molar-refractivity contribution in [1.82, 2.24) is 5.32 Å². The number of hydrogen-bond acceptors (Lipinski definition) is 1. The number of hydrogen-bond donors (Lipinski definition) is 1. The Morgan fingerprint density at radius 3 is 2.29 bits per heavy atom. The van der Waals surface area contributed by atoms with Crippen LogP contribution in [0.2, 0.25) is 0 Å². The molecule has 1 atom stereocenters. The van der Waals surface area contributed by atoms with Crippen molar-refractivity contribution in [1.29, 1.82) is 0 Å². The Hall–Kier alpha value is -1.10. The molecule has 5 heteroatoms. The summed E-state index contributed by atoms with van der Waals surface area (Å²) in [5, 5.41) is 2.97. The monoisotopic (exact) mass is 249 g/mol. The second kappa shape index (κ2) is 6.00. The summed E-state index contributed by atoms with van der Waals surface area (Å²) in [6.45, 7) is 2.12. The van der Waals surface area contributed by atoms with Gasteiger partial charge in [-0.3, -0.25) is 0 Å². The molecule has 0 radical (unpaired) electrons. The first kappa shape index (κ1) is 14.0. The van der Waals surface area contributed by atoms with E-state index in [-0.39, 0.29) is 24.8 Å². The molecule has 0 aliphatic carbocycles. The van der Waals surface area contributed by atoms with Gasteiger partial charge < -0.3 is 5.32 Å². The average Bonchev–Trinajstić information content (AvgIpc) is 2.24. The maximum absolute atomic E-state index is 12.6. The topological polar surface area (TPSA) is 12.0 Å². The van der Waals surface area contributed by atoms with E-state index in [1.54, 1.807) is 12.1 Å². The molecule has 0 heterocycles. The third-order valence-electron chi connectivity index (χ3n) is 2.46. The van der Waals surface area contributed by atoms with Gasteiger partial charge in [0.25, 0.3) is 0 Å². The van der Waals surface area contributed by atoms with Gasteiger partial charge in [-0.2, -0.15) is 13.2 Å². The predicted octanol–water partition coefficient (Wildman–Crippen LogP) is 3.82. The second-order valence-corrected chi connectivity index (χ2v) is 3.95. The first-order chi connectivity index (χ1) is 7.88. The van der Waals surface area contributed by atoms with Crippen LogP contribution < -0.4 is 5.32 Å². The van der Waals surface area contributed by atoms with Gasteiger partial charge in [0.05, 0.1) is 0 Å². The largest absolute Gasteiger partial charge is 0.389 e. The van der Waals surface area contributed by atoms with Crippen LogP contribution in [0.5, 0.6) is 0 Å². The minimum atomic E-state index is -4.10. The van der Waals surface area contributed by atoms with Gasteiger partial charge in [0, 0.05) is 12.5 Å². The van der Waals surface area contributed by atoms with E-state index in [1.807, 2.05) is 6.92 Å². The first-order valence-electron chi connectivity index (χ1n) is 5.44. The third kappa shape index (κ3) is 5.68. The maximum Gasteiger partial charge on any atom is 0.389 e. The first-order valence-corrected chi connectivity index (χ1v) is 5.44. The molecule has 0 aliphatic heterocycles. The lowest BCUT2D eigenvalue weighted by Gasteiger charge is -2.14. The van der Waals surface area contributed by atoms with E-state index in [2.05, 4.69) is 5.32 Å². The van der Waals surface area contributed by atoms with Crippen molar-refractivity contribution < 1.29 is 17.6 Å². The highest BCUT2D eigenvalue weighted by atomic mass is 19.4. The quantitative estimate of drug-likeness (QED) is 0.618. The molecule has 0 unspecified atom stereocenters. The summed E-state index contributed by atoms with van der Waals surface area (Å²) in [4.78, 5) is 0. The summed E-state index contributed by atoms with van der Waals surface area (Å²) in [7, 11) is 0. The molecule has 0 aliphatic rings. The summed E-state index contributed by atoms with van der Waals surface area (Å²) in [5.41, 5.74) is 0.860. The van der Waals surface area contributed by atoms with Crippen molar-refractivity contribution in [2.75, 3.05) is 6.54 Å². The van der Waals surface area contributed by atoms with Crippen LogP contribution in [-0.2, 0) is 0 Å². The molecule has 1 rings (SSSR count). The summed E-state index contributed by atoms with van der Waals surface area (Å²) < 4.78 is 48.3. The summed E-state index contributed by atoms with van der Waals surface area (Å²) in [6.07, 6.45) is -4.83. The van der Waals surface area contributed by atoms with Gasteiger partial charge in [0.15, 0.2) is 0 Å². The van der Waals surface area contributed by atoms with Crippen LogP contribution in [0.1, 0.15) is 31.4 Å². The number of alkyl halides is 3. The molecule has 0 fully saturated rings. The molecule has 0 aromatic heterocycles. The highest BCUT2D eigenvalue weighted by Crippen LogP contribution is 2.21. The van der Waals surface area contributed by atoms with Crippen molar-refractivity contribution in [3.63, 3.8) is 0 Å². The summed E-state index contributed by atoms with van der Waals surface area (Å²) in [6, 6.07) is 5.84. The van der Waals surface area contributed by atoms with E-state index in [4.69, 9.17) is 0 Å². The molecule has 0 saturated carbocycles. The Balaban J connectivity index is 2.30. The van der Waals surface area contributed by atoms with Crippen molar-refractivity contribution in [2.24, 2.45) is 0 Å². The molecule has 1 nitrogen and oxygen atoms in total. The Labute approximate surface area is 97.8 Å². The van der Waals surface area contributed by atoms with Crippen LogP contribution in [-0.4, -0.2) is 12.7 Å². The second-order valence-electron chi connectivity index (χ2n) is 3.95. The van der Waals surface area contributed by atoms with E-state index < -0.39 is 12.6 Å². The molecule has 96 valence electrons. The zero-order valence-electron chi connectivity index (χ0n) is 9.52. The molecule has 0 spiro atoms.